The van der Waals surface area contributed by atoms with Crippen molar-refractivity contribution < 1.29 is 80.2 Å². The van der Waals surface area contributed by atoms with Gasteiger partial charge in [0.25, 0.3) is 0 Å². The predicted octanol–water partition coefficient (Wildman–Crippen LogP) is 22.3. The van der Waals surface area contributed by atoms with Gasteiger partial charge in [-0.3, -0.25) is 37.3 Å². The quantitative estimate of drug-likeness (QED) is 0.0222. The highest BCUT2D eigenvalue weighted by Crippen LogP contribution is 2.45. The highest BCUT2D eigenvalue weighted by molar-refractivity contribution is 7.47. The molecule has 0 aromatic carbocycles. The van der Waals surface area contributed by atoms with Gasteiger partial charge in [0, 0.05) is 25.7 Å². The van der Waals surface area contributed by atoms with E-state index in [4.69, 9.17) is 37.0 Å². The van der Waals surface area contributed by atoms with Crippen molar-refractivity contribution in [2.24, 2.45) is 11.8 Å². The Morgan fingerprint density at radius 2 is 0.484 bits per heavy atom. The van der Waals surface area contributed by atoms with Crippen LogP contribution in [-0.2, 0) is 65.4 Å². The van der Waals surface area contributed by atoms with Crippen LogP contribution in [0.15, 0.2) is 0 Å². The minimum absolute atomic E-state index is 0.108. The SMILES string of the molecule is CCCCCCCCCCCCCCCCC(=O)O[C@H](COC(=O)CCCCCCCCC)COP(=O)(O)OC[C@H](O)COP(=O)(O)OC[C@@H](COC(=O)CCCCCCCCCCCCCCCC(C)C)OC(=O)CCCCCCCCCCCCCCCCCC(C)C. The second-order valence-electron chi connectivity index (χ2n) is 28.3. The van der Waals surface area contributed by atoms with Crippen molar-refractivity contribution in [1.82, 2.24) is 0 Å². The van der Waals surface area contributed by atoms with Crippen LogP contribution in [0.4, 0.5) is 0 Å². The van der Waals surface area contributed by atoms with Crippen LogP contribution in [-0.4, -0.2) is 96.7 Å². The van der Waals surface area contributed by atoms with Gasteiger partial charge in [0.05, 0.1) is 26.4 Å². The van der Waals surface area contributed by atoms with Crippen molar-refractivity contribution >= 4 is 39.5 Å². The summed E-state index contributed by atoms with van der Waals surface area (Å²) < 4.78 is 68.4. The molecule has 0 radical (unpaired) electrons. The molecule has 17 nitrogen and oxygen atoms in total. The summed E-state index contributed by atoms with van der Waals surface area (Å²) >= 11 is 0. The van der Waals surface area contributed by atoms with E-state index in [2.05, 4.69) is 41.5 Å². The lowest BCUT2D eigenvalue weighted by Crippen LogP contribution is -2.30. The molecule has 19 heteroatoms. The van der Waals surface area contributed by atoms with Crippen LogP contribution in [0.1, 0.15) is 395 Å². The number of phosphoric acid groups is 2. The fourth-order valence-corrected chi connectivity index (χ4v) is 13.2. The minimum atomic E-state index is -4.96. The predicted molar refractivity (Wildman–Crippen MR) is 386 cm³/mol. The van der Waals surface area contributed by atoms with E-state index in [1.807, 2.05) is 0 Å². The first-order valence-electron chi connectivity index (χ1n) is 39.5. The Morgan fingerprint density at radius 1 is 0.284 bits per heavy atom. The maximum Gasteiger partial charge on any atom is 0.472 e. The number of aliphatic hydroxyl groups excluding tert-OH is 1. The van der Waals surface area contributed by atoms with E-state index in [-0.39, 0.29) is 25.7 Å². The molecule has 0 aliphatic carbocycles. The first kappa shape index (κ1) is 93.1. The lowest BCUT2D eigenvalue weighted by Gasteiger charge is -2.21. The van der Waals surface area contributed by atoms with E-state index in [1.54, 1.807) is 0 Å². The Bertz CT molecular complexity index is 1840. The van der Waals surface area contributed by atoms with E-state index in [1.165, 1.54) is 199 Å². The highest BCUT2D eigenvalue weighted by Gasteiger charge is 2.30. The van der Waals surface area contributed by atoms with E-state index in [0.717, 1.165) is 115 Å². The Labute approximate surface area is 581 Å². The van der Waals surface area contributed by atoms with Crippen molar-refractivity contribution in [3.05, 3.63) is 0 Å². The minimum Gasteiger partial charge on any atom is -0.462 e. The van der Waals surface area contributed by atoms with Crippen LogP contribution in [0.25, 0.3) is 0 Å². The molecule has 0 amide bonds. The van der Waals surface area contributed by atoms with Crippen LogP contribution >= 0.6 is 15.6 Å². The van der Waals surface area contributed by atoms with Gasteiger partial charge in [0.15, 0.2) is 12.2 Å². The molecular formula is C76H148O17P2. The zero-order chi connectivity index (χ0) is 70.0. The van der Waals surface area contributed by atoms with Gasteiger partial charge in [-0.15, -0.1) is 0 Å². The van der Waals surface area contributed by atoms with Crippen LogP contribution < -0.4 is 0 Å². The largest absolute Gasteiger partial charge is 0.472 e. The van der Waals surface area contributed by atoms with Gasteiger partial charge in [-0.25, -0.2) is 9.13 Å². The maximum atomic E-state index is 13.1. The maximum absolute atomic E-state index is 13.1. The summed E-state index contributed by atoms with van der Waals surface area (Å²) in [6, 6.07) is 0. The third kappa shape index (κ3) is 70.3. The summed E-state index contributed by atoms with van der Waals surface area (Å²) in [5.41, 5.74) is 0. The Morgan fingerprint density at radius 3 is 0.716 bits per heavy atom. The topological polar surface area (TPSA) is 237 Å². The first-order valence-corrected chi connectivity index (χ1v) is 42.5. The molecule has 0 fully saturated rings. The molecule has 0 spiro atoms. The summed E-state index contributed by atoms with van der Waals surface area (Å²) in [4.78, 5) is 72.7. The Balaban J connectivity index is 5.20. The number of unbranched alkanes of at least 4 members (excludes halogenated alkanes) is 45. The summed E-state index contributed by atoms with van der Waals surface area (Å²) in [5, 5.41) is 10.6. The van der Waals surface area contributed by atoms with Crippen LogP contribution in [0.5, 0.6) is 0 Å². The van der Waals surface area contributed by atoms with E-state index in [9.17, 15) is 43.2 Å². The van der Waals surface area contributed by atoms with Crippen molar-refractivity contribution in [2.45, 2.75) is 413 Å². The molecule has 5 atom stereocenters. The van der Waals surface area contributed by atoms with Crippen molar-refractivity contribution in [1.29, 1.82) is 0 Å². The van der Waals surface area contributed by atoms with Crippen molar-refractivity contribution in [2.75, 3.05) is 39.6 Å². The molecule has 95 heavy (non-hydrogen) atoms. The number of esters is 4. The summed E-state index contributed by atoms with van der Waals surface area (Å²) in [6.07, 6.45) is 55.5. The number of hydrogen-bond acceptors (Lipinski definition) is 15. The van der Waals surface area contributed by atoms with Gasteiger partial charge in [-0.2, -0.15) is 0 Å². The van der Waals surface area contributed by atoms with Gasteiger partial charge in [0.1, 0.15) is 19.3 Å². The van der Waals surface area contributed by atoms with Crippen LogP contribution in [0.3, 0.4) is 0 Å². The molecule has 0 saturated heterocycles. The monoisotopic (exact) mass is 1400 g/mol. The molecule has 564 valence electrons. The second-order valence-corrected chi connectivity index (χ2v) is 31.3. The number of rotatable bonds is 75. The number of carbonyl (C=O) groups excluding carboxylic acids is 4. The second kappa shape index (κ2) is 67.9. The number of phosphoric ester groups is 2. The number of aliphatic hydroxyl groups is 1. The van der Waals surface area contributed by atoms with Crippen molar-refractivity contribution in [3.8, 4) is 0 Å². The van der Waals surface area contributed by atoms with Crippen LogP contribution in [0, 0.1) is 11.8 Å². The van der Waals surface area contributed by atoms with E-state index < -0.39 is 97.5 Å². The zero-order valence-corrected chi connectivity index (χ0v) is 63.8. The molecule has 0 heterocycles. The molecule has 0 saturated carbocycles. The molecule has 0 aromatic heterocycles. The molecule has 0 bridgehead atoms. The normalized spacial score (nSPS) is 14.0. The Kier molecular flexibility index (Phi) is 66.5. The fraction of sp³-hybridized carbons (Fsp3) is 0.947. The van der Waals surface area contributed by atoms with Gasteiger partial charge in [0.2, 0.25) is 0 Å². The summed E-state index contributed by atoms with van der Waals surface area (Å²) in [5.74, 6) is -0.525. The van der Waals surface area contributed by atoms with E-state index >= 15 is 0 Å². The number of carbonyl (C=O) groups is 4. The summed E-state index contributed by atoms with van der Waals surface area (Å²) in [7, 11) is -9.91. The molecule has 0 aliphatic rings. The van der Waals surface area contributed by atoms with E-state index in [0.29, 0.717) is 25.7 Å². The third-order valence-electron chi connectivity index (χ3n) is 17.7. The van der Waals surface area contributed by atoms with Gasteiger partial charge < -0.3 is 33.8 Å². The molecular weight excluding hydrogens is 1250 g/mol. The van der Waals surface area contributed by atoms with Gasteiger partial charge in [-0.1, -0.05) is 343 Å². The van der Waals surface area contributed by atoms with Gasteiger partial charge >= 0.3 is 39.5 Å². The third-order valence-corrected chi connectivity index (χ3v) is 19.6. The average molecular weight is 1400 g/mol. The standard InChI is InChI=1S/C76H148O17P2/c1-7-9-11-13-15-16-17-18-25-31-36-42-48-54-60-75(80)92-71(64-86-73(78)58-52-46-38-14-12-10-8-2)66-90-94(82,83)88-62-70(77)63-89-95(84,85)91-67-72(65-87-74(79)59-53-47-41-35-30-27-22-24-29-34-40-45-51-57-69(5)6)93-76(81)61-55-49-43-37-32-26-21-19-20-23-28-33-39-44-50-56-68(3)4/h68-72,77H,7-67H2,1-6H3,(H,82,83)(H,84,85)/t70-,71+,72+/m0/s1. The molecule has 0 aromatic rings. The first-order chi connectivity index (χ1) is 45.9. The Hall–Kier alpha value is -1.94. The lowest BCUT2D eigenvalue weighted by molar-refractivity contribution is -0.161. The smallest absolute Gasteiger partial charge is 0.462 e. The number of ether oxygens (including phenoxy) is 4. The van der Waals surface area contributed by atoms with Crippen LogP contribution in [0.2, 0.25) is 0 Å². The molecule has 0 aliphatic heterocycles. The van der Waals surface area contributed by atoms with Gasteiger partial charge in [-0.05, 0) is 37.5 Å². The molecule has 0 rings (SSSR count). The molecule has 3 N–H and O–H groups in total. The summed E-state index contributed by atoms with van der Waals surface area (Å²) in [6.45, 7) is 9.61. The molecule has 2 unspecified atom stereocenters. The number of hydrogen-bond donors (Lipinski definition) is 3. The van der Waals surface area contributed by atoms with Crippen molar-refractivity contribution in [3.63, 3.8) is 0 Å². The zero-order valence-electron chi connectivity index (χ0n) is 62.0. The lowest BCUT2D eigenvalue weighted by atomic mass is 10.0. The highest BCUT2D eigenvalue weighted by atomic mass is 31.2. The average Bonchev–Trinajstić information content (AvgIpc) is 1.35. The fourth-order valence-electron chi connectivity index (χ4n) is 11.7.